The van der Waals surface area contributed by atoms with Crippen molar-refractivity contribution in [3.63, 3.8) is 0 Å². The first-order chi connectivity index (χ1) is 15.2. The Balaban J connectivity index is 1.46. The summed E-state index contributed by atoms with van der Waals surface area (Å²) in [4.78, 5) is 24.1. The second kappa shape index (κ2) is 10.7. The number of nitrogens with zero attached hydrogens (tertiary/aromatic N) is 2. The van der Waals surface area contributed by atoms with E-state index < -0.39 is 27.0 Å². The molecule has 0 amide bonds. The van der Waals surface area contributed by atoms with Crippen LogP contribution in [0.3, 0.4) is 0 Å². The van der Waals surface area contributed by atoms with Gasteiger partial charge in [-0.2, -0.15) is 8.42 Å². The molecular formula is C21H23FN2O7S. The van der Waals surface area contributed by atoms with Gasteiger partial charge in [0.05, 0.1) is 24.2 Å². The van der Waals surface area contributed by atoms with Crippen LogP contribution in [0.5, 0.6) is 0 Å². The van der Waals surface area contributed by atoms with Gasteiger partial charge in [-0.1, -0.05) is 6.07 Å². The van der Waals surface area contributed by atoms with E-state index in [-0.39, 0.29) is 23.0 Å². The number of halogens is 1. The minimum absolute atomic E-state index is 0.0683. The van der Waals surface area contributed by atoms with Gasteiger partial charge in [-0.05, 0) is 43.3 Å². The lowest BCUT2D eigenvalue weighted by Crippen LogP contribution is -2.45. The molecule has 1 atom stereocenters. The average molecular weight is 466 g/mol. The molecule has 0 N–H and O–H groups in total. The van der Waals surface area contributed by atoms with E-state index in [9.17, 15) is 27.7 Å². The largest absolute Gasteiger partial charge is 0.373 e. The number of morpholine rings is 1. The summed E-state index contributed by atoms with van der Waals surface area (Å²) < 4.78 is 48.3. The third-order valence-electron chi connectivity index (χ3n) is 4.99. The fourth-order valence-electron chi connectivity index (χ4n) is 3.31. The molecule has 172 valence electrons. The molecule has 0 aromatic heterocycles. The zero-order chi connectivity index (χ0) is 23.1. The van der Waals surface area contributed by atoms with Gasteiger partial charge in [0.25, 0.3) is 15.8 Å². The molecule has 0 radical (unpaired) electrons. The third-order valence-corrected chi connectivity index (χ3v) is 6.27. The highest BCUT2D eigenvalue weighted by Gasteiger charge is 2.25. The number of carbonyl (C=O) groups excluding carboxylic acids is 1. The number of ether oxygens (including phenoxy) is 1. The second-order valence-electron chi connectivity index (χ2n) is 7.32. The normalized spacial score (nSPS) is 17.2. The number of carbonyl (C=O) groups is 1. The average Bonchev–Trinajstić information content (AvgIpc) is 2.78. The summed E-state index contributed by atoms with van der Waals surface area (Å²) in [5, 5.41) is 10.9. The van der Waals surface area contributed by atoms with Crippen LogP contribution in [0.15, 0.2) is 53.4 Å². The van der Waals surface area contributed by atoms with E-state index in [0.29, 0.717) is 44.6 Å². The van der Waals surface area contributed by atoms with Gasteiger partial charge in [-0.3, -0.25) is 24.0 Å². The lowest BCUT2D eigenvalue weighted by Gasteiger charge is -2.32. The van der Waals surface area contributed by atoms with E-state index in [4.69, 9.17) is 8.92 Å². The summed E-state index contributed by atoms with van der Waals surface area (Å²) in [5.41, 5.74) is 0.121. The quantitative estimate of drug-likeness (QED) is 0.227. The maximum Gasteiger partial charge on any atom is 0.297 e. The molecule has 2 aromatic carbocycles. The molecule has 0 bridgehead atoms. The molecule has 9 nitrogen and oxygen atoms in total. The SMILES string of the molecule is O=C(CCCN1CCOC(COS(=O)(=O)c2cccc([N+](=O)[O-])c2)C1)c1ccc(F)cc1. The maximum absolute atomic E-state index is 13.0. The van der Waals surface area contributed by atoms with Gasteiger partial charge in [0.15, 0.2) is 5.78 Å². The molecule has 1 aliphatic rings. The molecule has 0 saturated carbocycles. The van der Waals surface area contributed by atoms with Crippen molar-refractivity contribution >= 4 is 21.6 Å². The first-order valence-corrected chi connectivity index (χ1v) is 11.4. The predicted octanol–water partition coefficient (Wildman–Crippen LogP) is 2.80. The van der Waals surface area contributed by atoms with Crippen LogP contribution in [0.25, 0.3) is 0 Å². The van der Waals surface area contributed by atoms with E-state index in [1.165, 1.54) is 42.5 Å². The Kier molecular flexibility index (Phi) is 8.02. The van der Waals surface area contributed by atoms with Crippen LogP contribution >= 0.6 is 0 Å². The van der Waals surface area contributed by atoms with E-state index in [2.05, 4.69) is 4.90 Å². The van der Waals surface area contributed by atoms with Crippen molar-refractivity contribution < 1.29 is 31.4 Å². The minimum Gasteiger partial charge on any atom is -0.373 e. The van der Waals surface area contributed by atoms with Crippen molar-refractivity contribution in [1.29, 1.82) is 0 Å². The topological polar surface area (TPSA) is 116 Å². The number of rotatable bonds is 10. The highest BCUT2D eigenvalue weighted by atomic mass is 32.2. The molecule has 3 rings (SSSR count). The van der Waals surface area contributed by atoms with E-state index in [0.717, 1.165) is 6.07 Å². The van der Waals surface area contributed by atoms with E-state index in [1.54, 1.807) is 0 Å². The number of hydrogen-bond donors (Lipinski definition) is 0. The lowest BCUT2D eigenvalue weighted by molar-refractivity contribution is -0.385. The minimum atomic E-state index is -4.17. The number of nitro groups is 1. The fourth-order valence-corrected chi connectivity index (χ4v) is 4.29. The summed E-state index contributed by atoms with van der Waals surface area (Å²) >= 11 is 0. The van der Waals surface area contributed by atoms with Crippen molar-refractivity contribution in [2.45, 2.75) is 23.8 Å². The van der Waals surface area contributed by atoms with E-state index in [1.807, 2.05) is 0 Å². The molecule has 1 heterocycles. The Morgan fingerprint density at radius 3 is 2.72 bits per heavy atom. The smallest absolute Gasteiger partial charge is 0.297 e. The first kappa shape index (κ1) is 23.9. The van der Waals surface area contributed by atoms with Gasteiger partial charge in [0, 0.05) is 37.2 Å². The molecule has 11 heteroatoms. The van der Waals surface area contributed by atoms with Gasteiger partial charge in [0.2, 0.25) is 0 Å². The third kappa shape index (κ3) is 6.63. The van der Waals surface area contributed by atoms with Crippen LogP contribution < -0.4 is 0 Å². The van der Waals surface area contributed by atoms with Gasteiger partial charge in [0.1, 0.15) is 10.7 Å². The Morgan fingerprint density at radius 1 is 1.25 bits per heavy atom. The van der Waals surface area contributed by atoms with Gasteiger partial charge in [-0.25, -0.2) is 4.39 Å². The number of non-ortho nitro benzene ring substituents is 1. The van der Waals surface area contributed by atoms with Gasteiger partial charge >= 0.3 is 0 Å². The first-order valence-electron chi connectivity index (χ1n) is 10.0. The zero-order valence-corrected chi connectivity index (χ0v) is 18.0. The molecule has 32 heavy (non-hydrogen) atoms. The van der Waals surface area contributed by atoms with Gasteiger partial charge < -0.3 is 4.74 Å². The van der Waals surface area contributed by atoms with Crippen LogP contribution in [0.2, 0.25) is 0 Å². The fraction of sp³-hybridized carbons (Fsp3) is 0.381. The van der Waals surface area contributed by atoms with E-state index >= 15 is 0 Å². The molecule has 0 aliphatic carbocycles. The monoisotopic (exact) mass is 466 g/mol. The molecule has 1 unspecified atom stereocenters. The number of ketones is 1. The molecule has 1 fully saturated rings. The summed E-state index contributed by atoms with van der Waals surface area (Å²) in [7, 11) is -4.17. The molecule has 1 aliphatic heterocycles. The Hall–Kier alpha value is -2.73. The highest BCUT2D eigenvalue weighted by molar-refractivity contribution is 7.86. The van der Waals surface area contributed by atoms with Crippen molar-refractivity contribution in [2.75, 3.05) is 32.8 Å². The molecular weight excluding hydrogens is 443 g/mol. The number of Topliss-reactive ketones (excluding diaryl/α,β-unsaturated/α-hetero) is 1. The highest BCUT2D eigenvalue weighted by Crippen LogP contribution is 2.20. The summed E-state index contributed by atoms with van der Waals surface area (Å²) in [6.07, 6.45) is 0.409. The molecule has 2 aromatic rings. The van der Waals surface area contributed by atoms with Crippen LogP contribution in [-0.4, -0.2) is 63.0 Å². The van der Waals surface area contributed by atoms with Crippen molar-refractivity contribution in [3.05, 3.63) is 70.0 Å². The molecule has 1 saturated heterocycles. The second-order valence-corrected chi connectivity index (χ2v) is 8.94. The van der Waals surface area contributed by atoms with Crippen LogP contribution in [0.4, 0.5) is 10.1 Å². The maximum atomic E-state index is 13.0. The Labute approximate surface area is 185 Å². The predicted molar refractivity (Wildman–Crippen MR) is 112 cm³/mol. The number of hydrogen-bond acceptors (Lipinski definition) is 8. The lowest BCUT2D eigenvalue weighted by atomic mass is 10.1. The number of benzene rings is 2. The molecule has 0 spiro atoms. The Morgan fingerprint density at radius 2 is 2.00 bits per heavy atom. The van der Waals surface area contributed by atoms with Crippen LogP contribution in [0.1, 0.15) is 23.2 Å². The van der Waals surface area contributed by atoms with Crippen LogP contribution in [-0.2, 0) is 19.0 Å². The van der Waals surface area contributed by atoms with Crippen molar-refractivity contribution in [1.82, 2.24) is 4.90 Å². The zero-order valence-electron chi connectivity index (χ0n) is 17.2. The van der Waals surface area contributed by atoms with Gasteiger partial charge in [-0.15, -0.1) is 0 Å². The van der Waals surface area contributed by atoms with Crippen molar-refractivity contribution in [3.8, 4) is 0 Å². The Bertz CT molecular complexity index is 1060. The number of nitro benzene ring substituents is 1. The van der Waals surface area contributed by atoms with Crippen LogP contribution in [0, 0.1) is 15.9 Å². The summed E-state index contributed by atoms with van der Waals surface area (Å²) in [5.74, 6) is -0.461. The standard InChI is InChI=1S/C21H23FN2O7S/c22-17-8-6-16(7-9-17)21(25)5-2-10-23-11-12-30-19(14-23)15-31-32(28,29)20-4-1-3-18(13-20)24(26)27/h1,3-4,6-9,13,19H,2,5,10-12,14-15H2. The summed E-state index contributed by atoms with van der Waals surface area (Å²) in [6, 6.07) is 10.1. The summed E-state index contributed by atoms with van der Waals surface area (Å²) in [6.45, 7) is 1.84. The van der Waals surface area contributed by atoms with Crippen molar-refractivity contribution in [2.24, 2.45) is 0 Å².